The highest BCUT2D eigenvalue weighted by Crippen LogP contribution is 2.53. The maximum absolute atomic E-state index is 16.0. The van der Waals surface area contributed by atoms with Crippen LogP contribution >= 0.6 is 7.14 Å². The molecule has 0 radical (unpaired) electrons. The Labute approximate surface area is 284 Å². The number of rotatable bonds is 4. The highest BCUT2D eigenvalue weighted by molar-refractivity contribution is 7.86. The zero-order valence-electron chi connectivity index (χ0n) is 27.0. The van der Waals surface area contributed by atoms with Gasteiger partial charge >= 0.3 is 0 Å². The largest absolute Gasteiger partial charge is 0.308 e. The molecule has 1 aliphatic rings. The summed E-state index contributed by atoms with van der Waals surface area (Å²) in [6.07, 6.45) is 0.749. The number of benzene rings is 8. The number of para-hydroxylation sites is 2. The molecule has 1 atom stereocenters. The molecular weight excluding hydrogens is 615 g/mol. The van der Waals surface area contributed by atoms with Gasteiger partial charge < -0.3 is 4.57 Å². The average molecular weight is 647 g/mol. The van der Waals surface area contributed by atoms with Gasteiger partial charge in [0, 0.05) is 27.9 Å². The van der Waals surface area contributed by atoms with Crippen LogP contribution in [0.2, 0.25) is 0 Å². The van der Waals surface area contributed by atoms with Crippen molar-refractivity contribution < 1.29 is 4.57 Å². The summed E-state index contributed by atoms with van der Waals surface area (Å²) in [5, 5.41) is 9.73. The fraction of sp³-hybridized carbons (Fsp3) is 0.0444. The number of hydrogen-bond donors (Lipinski definition) is 0. The number of fused-ring (bicyclic) bond motifs is 5. The van der Waals surface area contributed by atoms with Crippen LogP contribution in [0.4, 0.5) is 0 Å². The lowest BCUT2D eigenvalue weighted by Gasteiger charge is -2.31. The summed E-state index contributed by atoms with van der Waals surface area (Å²) in [6.45, 7) is 2.15. The second-order valence-corrected chi connectivity index (χ2v) is 15.5. The Morgan fingerprint density at radius 3 is 1.76 bits per heavy atom. The lowest BCUT2D eigenvalue weighted by Crippen LogP contribution is -2.33. The maximum atomic E-state index is 16.0. The topological polar surface area (TPSA) is 34.9 Å². The van der Waals surface area contributed by atoms with E-state index >= 15 is 4.57 Å². The van der Waals surface area contributed by atoms with Crippen molar-refractivity contribution in [2.24, 2.45) is 0 Å². The average Bonchev–Trinajstić information content (AvgIpc) is 3.55. The first-order chi connectivity index (χ1) is 24.2. The van der Waals surface area contributed by atoms with Crippen LogP contribution in [0, 0.1) is 0 Å². The van der Waals surface area contributed by atoms with E-state index in [1.165, 1.54) is 43.4 Å². The van der Waals surface area contributed by atoms with E-state index in [1.807, 2.05) is 42.5 Å². The first-order valence-corrected chi connectivity index (χ1v) is 18.6. The number of hydrogen-bond acceptors (Lipinski definition) is 2. The summed E-state index contributed by atoms with van der Waals surface area (Å²) < 4.78 is 18.3. The van der Waals surface area contributed by atoms with E-state index < -0.39 is 7.14 Å². The van der Waals surface area contributed by atoms with E-state index in [9.17, 15) is 0 Å². The Morgan fingerprint density at radius 2 is 1.06 bits per heavy atom. The summed E-state index contributed by atoms with van der Waals surface area (Å²) in [7, 11) is -3.28. The van der Waals surface area contributed by atoms with Crippen molar-refractivity contribution in [3.63, 3.8) is 0 Å². The molecule has 49 heavy (non-hydrogen) atoms. The highest BCUT2D eigenvalue weighted by atomic mass is 31.2. The van der Waals surface area contributed by atoms with Crippen LogP contribution in [0.1, 0.15) is 12.7 Å². The molecule has 0 spiro atoms. The van der Waals surface area contributed by atoms with E-state index in [1.54, 1.807) is 0 Å². The van der Waals surface area contributed by atoms with Crippen LogP contribution in [-0.4, -0.2) is 9.55 Å². The van der Waals surface area contributed by atoms with Crippen molar-refractivity contribution >= 4 is 66.4 Å². The first-order valence-electron chi connectivity index (χ1n) is 16.9. The SMILES string of the molecule is CCc1nc2cccc3c2n1-c1c(-c2c4ccccc4c(-c4cccc5ccccc45)c4ccccc24)cccc1P3(=O)c1ccccc1. The number of aromatic nitrogens is 2. The van der Waals surface area contributed by atoms with Gasteiger partial charge in [0.2, 0.25) is 0 Å². The van der Waals surface area contributed by atoms with Crippen molar-refractivity contribution in [3.8, 4) is 27.9 Å². The molecular formula is C45H31N2OP. The minimum Gasteiger partial charge on any atom is -0.308 e. The van der Waals surface area contributed by atoms with Gasteiger partial charge in [0.05, 0.1) is 16.7 Å². The summed E-state index contributed by atoms with van der Waals surface area (Å²) >= 11 is 0. The smallest absolute Gasteiger partial charge is 0.175 e. The minimum absolute atomic E-state index is 0.749. The third-order valence-electron chi connectivity index (χ3n) is 10.3. The van der Waals surface area contributed by atoms with E-state index in [0.29, 0.717) is 0 Å². The number of imidazole rings is 1. The Morgan fingerprint density at radius 1 is 0.531 bits per heavy atom. The zero-order valence-corrected chi connectivity index (χ0v) is 27.9. The third kappa shape index (κ3) is 3.85. The predicted octanol–water partition coefficient (Wildman–Crippen LogP) is 10.3. The van der Waals surface area contributed by atoms with Crippen molar-refractivity contribution in [3.05, 3.63) is 164 Å². The summed E-state index contributed by atoms with van der Waals surface area (Å²) in [5.41, 5.74) is 7.47. The van der Waals surface area contributed by atoms with Gasteiger partial charge in [-0.05, 0) is 67.2 Å². The molecule has 1 aliphatic heterocycles. The van der Waals surface area contributed by atoms with Crippen molar-refractivity contribution in [2.75, 3.05) is 0 Å². The third-order valence-corrected chi connectivity index (χ3v) is 13.4. The zero-order chi connectivity index (χ0) is 32.7. The molecule has 10 rings (SSSR count). The molecule has 1 aromatic heterocycles. The predicted molar refractivity (Wildman–Crippen MR) is 207 cm³/mol. The summed E-state index contributed by atoms with van der Waals surface area (Å²) in [4.78, 5) is 5.14. The standard InChI is InChI=1S/C45H31N2OP/c1-2-41-46-38-26-14-28-40-45(38)47(41)44-37(25-13-27-39(44)49(40,48)30-17-4-3-5-18-30)43-35-22-10-8-20-33(35)42(34-21-9-11-23-36(34)43)32-24-12-16-29-15-6-7-19-31(29)32/h3-28H,2H2,1H3. The fourth-order valence-corrected chi connectivity index (χ4v) is 11.3. The molecule has 0 saturated carbocycles. The molecule has 0 bridgehead atoms. The van der Waals surface area contributed by atoms with Crippen LogP contribution in [0.25, 0.3) is 71.3 Å². The van der Waals surface area contributed by atoms with Gasteiger partial charge in [-0.2, -0.15) is 0 Å². The molecule has 8 aromatic carbocycles. The normalized spacial score (nSPS) is 15.3. The van der Waals surface area contributed by atoms with E-state index in [2.05, 4.69) is 127 Å². The molecule has 0 aliphatic carbocycles. The van der Waals surface area contributed by atoms with Gasteiger partial charge in [0.15, 0.2) is 7.14 Å². The Bertz CT molecular complexity index is 2790. The minimum atomic E-state index is -3.28. The highest BCUT2D eigenvalue weighted by Gasteiger charge is 2.41. The molecule has 2 heterocycles. The van der Waals surface area contributed by atoms with Crippen LogP contribution < -0.4 is 15.9 Å². The molecule has 9 aromatic rings. The molecule has 0 amide bonds. The van der Waals surface area contributed by atoms with Crippen LogP contribution in [0.15, 0.2) is 158 Å². The lowest BCUT2D eigenvalue weighted by molar-refractivity contribution is 0.592. The van der Waals surface area contributed by atoms with Crippen molar-refractivity contribution in [1.82, 2.24) is 9.55 Å². The second-order valence-electron chi connectivity index (χ2n) is 12.8. The molecule has 4 heteroatoms. The second kappa shape index (κ2) is 10.6. The van der Waals surface area contributed by atoms with Crippen molar-refractivity contribution in [2.45, 2.75) is 13.3 Å². The molecule has 0 N–H and O–H groups in total. The lowest BCUT2D eigenvalue weighted by atomic mass is 9.84. The van der Waals surface area contributed by atoms with Crippen LogP contribution in [-0.2, 0) is 11.0 Å². The first kappa shape index (κ1) is 28.3. The number of aryl methyl sites for hydroxylation is 1. The Kier molecular flexibility index (Phi) is 6.13. The molecule has 0 saturated heterocycles. The number of nitrogens with zero attached hydrogens (tertiary/aromatic N) is 2. The summed E-state index contributed by atoms with van der Waals surface area (Å²) in [5.74, 6) is 0.969. The van der Waals surface area contributed by atoms with Crippen LogP contribution in [0.3, 0.4) is 0 Å². The fourth-order valence-electron chi connectivity index (χ4n) is 8.31. The van der Waals surface area contributed by atoms with Crippen LogP contribution in [0.5, 0.6) is 0 Å². The van der Waals surface area contributed by atoms with E-state index in [4.69, 9.17) is 4.98 Å². The molecule has 1 unspecified atom stereocenters. The maximum Gasteiger partial charge on any atom is 0.175 e. The van der Waals surface area contributed by atoms with Gasteiger partial charge in [0.1, 0.15) is 5.82 Å². The van der Waals surface area contributed by atoms with Crippen molar-refractivity contribution in [1.29, 1.82) is 0 Å². The molecule has 232 valence electrons. The monoisotopic (exact) mass is 646 g/mol. The Hall–Kier alpha value is -5.76. The van der Waals surface area contributed by atoms with Gasteiger partial charge in [-0.1, -0.05) is 146 Å². The van der Waals surface area contributed by atoms with E-state index in [0.717, 1.165) is 56.0 Å². The molecule has 3 nitrogen and oxygen atoms in total. The Balaban J connectivity index is 1.39. The van der Waals surface area contributed by atoms with Gasteiger partial charge in [0.25, 0.3) is 0 Å². The quantitative estimate of drug-likeness (QED) is 0.141. The summed E-state index contributed by atoms with van der Waals surface area (Å²) in [6, 6.07) is 55.4. The molecule has 0 fully saturated rings. The van der Waals surface area contributed by atoms with Gasteiger partial charge in [-0.15, -0.1) is 0 Å². The van der Waals surface area contributed by atoms with Gasteiger partial charge in [-0.25, -0.2) is 4.98 Å². The van der Waals surface area contributed by atoms with E-state index in [-0.39, 0.29) is 0 Å². The van der Waals surface area contributed by atoms with Gasteiger partial charge in [-0.3, -0.25) is 4.57 Å².